The summed E-state index contributed by atoms with van der Waals surface area (Å²) in [5.41, 5.74) is 2.40. The van der Waals surface area contributed by atoms with E-state index in [2.05, 4.69) is 52.9 Å². The average Bonchev–Trinajstić information content (AvgIpc) is 2.95. The highest BCUT2D eigenvalue weighted by molar-refractivity contribution is 5.83. The van der Waals surface area contributed by atoms with Crippen LogP contribution in [-0.2, 0) is 6.54 Å². The van der Waals surface area contributed by atoms with Gasteiger partial charge in [0, 0.05) is 0 Å². The van der Waals surface area contributed by atoms with E-state index in [1.165, 1.54) is 5.56 Å². The van der Waals surface area contributed by atoms with Crippen LogP contribution in [0.2, 0.25) is 0 Å². The van der Waals surface area contributed by atoms with Crippen molar-refractivity contribution < 1.29 is 4.74 Å². The summed E-state index contributed by atoms with van der Waals surface area (Å²) in [4.78, 5) is 4.63. The molecule has 0 unspecified atom stereocenters. The fourth-order valence-corrected chi connectivity index (χ4v) is 2.68. The third-order valence-electron chi connectivity index (χ3n) is 3.87. The van der Waals surface area contributed by atoms with Gasteiger partial charge in [-0.2, -0.15) is 0 Å². The normalized spacial score (nSPS) is 22.2. The first kappa shape index (κ1) is 14.4. The zero-order valence-corrected chi connectivity index (χ0v) is 12.9. The van der Waals surface area contributed by atoms with Crippen LogP contribution in [0.4, 0.5) is 0 Å². The number of aliphatic imine (C=N–C) groups is 1. The van der Waals surface area contributed by atoms with E-state index in [9.17, 15) is 0 Å². The van der Waals surface area contributed by atoms with Gasteiger partial charge in [-0.25, -0.2) is 4.99 Å². The van der Waals surface area contributed by atoms with Crippen LogP contribution < -0.4 is 15.4 Å². The second-order valence-corrected chi connectivity index (χ2v) is 5.48. The lowest BCUT2D eigenvalue weighted by Gasteiger charge is -2.14. The zero-order chi connectivity index (χ0) is 15.4. The largest absolute Gasteiger partial charge is 0.497 e. The van der Waals surface area contributed by atoms with Crippen LogP contribution >= 0.6 is 0 Å². The van der Waals surface area contributed by atoms with Gasteiger partial charge in [0.15, 0.2) is 5.96 Å². The Balaban J connectivity index is 1.68. The summed E-state index contributed by atoms with van der Waals surface area (Å²) in [5, 5.41) is 6.87. The number of hydrogen-bond donors (Lipinski definition) is 2. The Kier molecular flexibility index (Phi) is 4.28. The first-order chi connectivity index (χ1) is 10.8. The Hall–Kier alpha value is -2.49. The van der Waals surface area contributed by atoms with E-state index in [-0.39, 0.29) is 6.04 Å². The summed E-state index contributed by atoms with van der Waals surface area (Å²) < 4.78 is 5.24. The molecule has 1 heterocycles. The molecule has 22 heavy (non-hydrogen) atoms. The smallest absolute Gasteiger partial charge is 0.192 e. The molecular weight excluding hydrogens is 274 g/mol. The van der Waals surface area contributed by atoms with Crippen LogP contribution in [0.5, 0.6) is 5.75 Å². The Morgan fingerprint density at radius 2 is 1.86 bits per heavy atom. The van der Waals surface area contributed by atoms with Crippen LogP contribution in [-0.4, -0.2) is 19.1 Å². The molecule has 0 aliphatic carbocycles. The van der Waals surface area contributed by atoms with Gasteiger partial charge in [-0.1, -0.05) is 42.5 Å². The van der Waals surface area contributed by atoms with E-state index < -0.39 is 0 Å². The van der Waals surface area contributed by atoms with Crippen LogP contribution in [0.3, 0.4) is 0 Å². The number of rotatable bonds is 4. The fourth-order valence-electron chi connectivity index (χ4n) is 2.68. The third-order valence-corrected chi connectivity index (χ3v) is 3.87. The molecule has 0 spiro atoms. The summed E-state index contributed by atoms with van der Waals surface area (Å²) in [5.74, 6) is 1.71. The van der Waals surface area contributed by atoms with E-state index in [1.807, 2.05) is 24.3 Å². The summed E-state index contributed by atoms with van der Waals surface area (Å²) >= 11 is 0. The minimum atomic E-state index is 0.255. The molecule has 2 N–H and O–H groups in total. The molecule has 4 heteroatoms. The molecule has 2 atom stereocenters. The minimum absolute atomic E-state index is 0.255. The van der Waals surface area contributed by atoms with Gasteiger partial charge in [0.2, 0.25) is 0 Å². The molecule has 0 saturated carbocycles. The highest BCUT2D eigenvalue weighted by Gasteiger charge is 2.27. The highest BCUT2D eigenvalue weighted by Crippen LogP contribution is 2.20. The number of nitrogens with one attached hydrogen (secondary N) is 2. The molecule has 2 aromatic carbocycles. The number of ether oxygens (including phenoxy) is 1. The van der Waals surface area contributed by atoms with Crippen molar-refractivity contribution in [1.29, 1.82) is 0 Å². The average molecular weight is 295 g/mol. The highest BCUT2D eigenvalue weighted by atomic mass is 16.5. The maximum absolute atomic E-state index is 5.24. The molecule has 2 aromatic rings. The summed E-state index contributed by atoms with van der Waals surface area (Å²) in [7, 11) is 1.68. The van der Waals surface area contributed by atoms with Crippen molar-refractivity contribution in [1.82, 2.24) is 10.6 Å². The predicted molar refractivity (Wildman–Crippen MR) is 89.0 cm³/mol. The van der Waals surface area contributed by atoms with Crippen LogP contribution in [0.15, 0.2) is 59.6 Å². The van der Waals surface area contributed by atoms with Crippen molar-refractivity contribution in [3.8, 4) is 5.75 Å². The first-order valence-electron chi connectivity index (χ1n) is 7.51. The minimum Gasteiger partial charge on any atom is -0.497 e. The Morgan fingerprint density at radius 1 is 1.05 bits per heavy atom. The SMILES string of the molecule is COc1cccc(CN=C2N[C@@H](C)[C@@H](c3ccccc3)N2)c1. The molecule has 3 rings (SSSR count). The Morgan fingerprint density at radius 3 is 2.64 bits per heavy atom. The third kappa shape index (κ3) is 3.22. The molecule has 0 bridgehead atoms. The second kappa shape index (κ2) is 6.52. The lowest BCUT2D eigenvalue weighted by molar-refractivity contribution is 0.414. The number of benzene rings is 2. The van der Waals surface area contributed by atoms with Crippen molar-refractivity contribution >= 4 is 5.96 Å². The van der Waals surface area contributed by atoms with Crippen molar-refractivity contribution in [3.63, 3.8) is 0 Å². The van der Waals surface area contributed by atoms with E-state index in [0.29, 0.717) is 12.6 Å². The Bertz CT molecular complexity index is 654. The van der Waals surface area contributed by atoms with E-state index in [1.54, 1.807) is 7.11 Å². The van der Waals surface area contributed by atoms with E-state index in [4.69, 9.17) is 4.74 Å². The van der Waals surface area contributed by atoms with Crippen molar-refractivity contribution in [2.24, 2.45) is 4.99 Å². The van der Waals surface area contributed by atoms with Gasteiger partial charge in [-0.3, -0.25) is 0 Å². The molecule has 1 fully saturated rings. The molecule has 0 aromatic heterocycles. The molecule has 1 aliphatic heterocycles. The molecule has 4 nitrogen and oxygen atoms in total. The van der Waals surface area contributed by atoms with Gasteiger partial charge >= 0.3 is 0 Å². The maximum Gasteiger partial charge on any atom is 0.192 e. The topological polar surface area (TPSA) is 45.6 Å². The molecule has 1 aliphatic rings. The van der Waals surface area contributed by atoms with Crippen LogP contribution in [0, 0.1) is 0 Å². The van der Waals surface area contributed by atoms with Crippen molar-refractivity contribution in [3.05, 3.63) is 65.7 Å². The summed E-state index contributed by atoms with van der Waals surface area (Å²) in [6.07, 6.45) is 0. The Labute approximate surface area is 131 Å². The quantitative estimate of drug-likeness (QED) is 0.911. The maximum atomic E-state index is 5.24. The molecule has 1 saturated heterocycles. The number of nitrogens with zero attached hydrogens (tertiary/aromatic N) is 1. The van der Waals surface area contributed by atoms with Crippen molar-refractivity contribution in [2.75, 3.05) is 7.11 Å². The zero-order valence-electron chi connectivity index (χ0n) is 12.9. The molecule has 0 amide bonds. The molecule has 114 valence electrons. The standard InChI is InChI=1S/C18H21N3O/c1-13-17(15-8-4-3-5-9-15)21-18(20-13)19-12-14-7-6-10-16(11-14)22-2/h3-11,13,17H,12H2,1-2H3,(H2,19,20,21)/t13-,17-/m0/s1. The van der Waals surface area contributed by atoms with E-state index in [0.717, 1.165) is 17.3 Å². The summed E-state index contributed by atoms with van der Waals surface area (Å²) in [6.45, 7) is 2.79. The van der Waals surface area contributed by atoms with Gasteiger partial charge in [0.05, 0.1) is 25.7 Å². The second-order valence-electron chi connectivity index (χ2n) is 5.48. The van der Waals surface area contributed by atoms with Gasteiger partial charge in [0.25, 0.3) is 0 Å². The van der Waals surface area contributed by atoms with Gasteiger partial charge in [-0.15, -0.1) is 0 Å². The van der Waals surface area contributed by atoms with Gasteiger partial charge in [-0.05, 0) is 30.2 Å². The summed E-state index contributed by atoms with van der Waals surface area (Å²) in [6, 6.07) is 19.0. The number of methoxy groups -OCH3 is 1. The fraction of sp³-hybridized carbons (Fsp3) is 0.278. The lowest BCUT2D eigenvalue weighted by Crippen LogP contribution is -2.26. The van der Waals surface area contributed by atoms with Crippen LogP contribution in [0.25, 0.3) is 0 Å². The number of guanidine groups is 1. The molecule has 0 radical (unpaired) electrons. The predicted octanol–water partition coefficient (Wildman–Crippen LogP) is 2.87. The molecular formula is C18H21N3O. The van der Waals surface area contributed by atoms with Crippen LogP contribution in [0.1, 0.15) is 24.1 Å². The van der Waals surface area contributed by atoms with Crippen molar-refractivity contribution in [2.45, 2.75) is 25.6 Å². The monoisotopic (exact) mass is 295 g/mol. The van der Waals surface area contributed by atoms with Gasteiger partial charge < -0.3 is 15.4 Å². The first-order valence-corrected chi connectivity index (χ1v) is 7.51. The van der Waals surface area contributed by atoms with Gasteiger partial charge in [0.1, 0.15) is 5.75 Å². The lowest BCUT2D eigenvalue weighted by atomic mass is 10.0. The number of hydrogen-bond acceptors (Lipinski definition) is 2. The van der Waals surface area contributed by atoms with E-state index >= 15 is 0 Å².